The second-order valence-corrected chi connectivity index (χ2v) is 8.18. The number of imidazole rings is 1. The lowest BCUT2D eigenvalue weighted by atomic mass is 10.1. The van der Waals surface area contributed by atoms with Crippen molar-refractivity contribution in [2.24, 2.45) is 0 Å². The molecule has 0 spiro atoms. The number of aromatic nitrogens is 5. The molecule has 8 heteroatoms. The molecule has 5 heterocycles. The zero-order valence-electron chi connectivity index (χ0n) is 15.7. The van der Waals surface area contributed by atoms with Gasteiger partial charge in [0.2, 0.25) is 5.88 Å². The van der Waals surface area contributed by atoms with E-state index in [4.69, 9.17) is 9.72 Å². The average Bonchev–Trinajstić information content (AvgIpc) is 3.37. The molecule has 0 saturated carbocycles. The molecule has 1 N–H and O–H groups in total. The normalized spacial score (nSPS) is 13.5. The van der Waals surface area contributed by atoms with Crippen LogP contribution in [0, 0.1) is 0 Å². The summed E-state index contributed by atoms with van der Waals surface area (Å²) in [5, 5.41) is 5.45. The first-order chi connectivity index (χ1) is 13.7. The van der Waals surface area contributed by atoms with Crippen LogP contribution >= 0.6 is 11.3 Å². The monoisotopic (exact) mass is 392 g/mol. The third kappa shape index (κ3) is 3.09. The van der Waals surface area contributed by atoms with Crippen LogP contribution in [0.2, 0.25) is 0 Å². The summed E-state index contributed by atoms with van der Waals surface area (Å²) in [7, 11) is 0. The van der Waals surface area contributed by atoms with Crippen LogP contribution in [0.15, 0.2) is 37.1 Å². The van der Waals surface area contributed by atoms with Gasteiger partial charge in [0.05, 0.1) is 23.5 Å². The van der Waals surface area contributed by atoms with Gasteiger partial charge in [0.25, 0.3) is 0 Å². The quantitative estimate of drug-likeness (QED) is 0.553. The van der Waals surface area contributed by atoms with Crippen molar-refractivity contribution in [1.29, 1.82) is 0 Å². The van der Waals surface area contributed by atoms with E-state index in [-0.39, 0.29) is 0 Å². The Labute approximate surface area is 166 Å². The second-order valence-electron chi connectivity index (χ2n) is 7.12. The first-order valence-corrected chi connectivity index (χ1v) is 10.2. The van der Waals surface area contributed by atoms with Crippen molar-refractivity contribution in [1.82, 2.24) is 24.3 Å². The standard InChI is InChI=1S/C20H20N6OS/c1-12(2)20-23-10-16(28-20)25-17-18-21-5-6-26(18)11-15(24-17)14-8-13-4-3-7-27-19(13)22-9-14/h5-6,8-12H,3-4,7H2,1-2H3,(H,24,25). The van der Waals surface area contributed by atoms with Crippen molar-refractivity contribution >= 4 is 27.8 Å². The van der Waals surface area contributed by atoms with Gasteiger partial charge in [-0.1, -0.05) is 13.8 Å². The Morgan fingerprint density at radius 3 is 3.00 bits per heavy atom. The number of hydrogen-bond donors (Lipinski definition) is 1. The topological polar surface area (TPSA) is 77.2 Å². The van der Waals surface area contributed by atoms with Crippen LogP contribution in [0.1, 0.15) is 36.8 Å². The van der Waals surface area contributed by atoms with Crippen molar-refractivity contribution < 1.29 is 4.74 Å². The van der Waals surface area contributed by atoms with Crippen LogP contribution in [0.25, 0.3) is 16.9 Å². The molecule has 0 unspecified atom stereocenters. The van der Waals surface area contributed by atoms with Crippen molar-refractivity contribution in [2.75, 3.05) is 11.9 Å². The zero-order valence-corrected chi connectivity index (χ0v) is 16.5. The van der Waals surface area contributed by atoms with Crippen LogP contribution < -0.4 is 10.1 Å². The molecule has 0 amide bonds. The van der Waals surface area contributed by atoms with E-state index in [0.717, 1.165) is 57.8 Å². The average molecular weight is 392 g/mol. The fourth-order valence-electron chi connectivity index (χ4n) is 3.26. The van der Waals surface area contributed by atoms with E-state index in [0.29, 0.717) is 11.7 Å². The van der Waals surface area contributed by atoms with Crippen LogP contribution in [-0.4, -0.2) is 30.9 Å². The van der Waals surface area contributed by atoms with Gasteiger partial charge in [-0.15, -0.1) is 11.3 Å². The molecule has 4 aromatic rings. The fourth-order valence-corrected chi connectivity index (χ4v) is 4.08. The maximum Gasteiger partial charge on any atom is 0.216 e. The Kier molecular flexibility index (Phi) is 4.20. The molecule has 0 saturated heterocycles. The van der Waals surface area contributed by atoms with Crippen LogP contribution in [0.4, 0.5) is 10.8 Å². The van der Waals surface area contributed by atoms with Gasteiger partial charge in [0.1, 0.15) is 5.00 Å². The molecule has 7 nitrogen and oxygen atoms in total. The molecule has 0 bridgehead atoms. The van der Waals surface area contributed by atoms with Gasteiger partial charge in [-0.05, 0) is 18.9 Å². The molecule has 1 aliphatic heterocycles. The molecule has 0 aromatic carbocycles. The molecular formula is C20H20N6OS. The number of hydrogen-bond acceptors (Lipinski definition) is 7. The fraction of sp³-hybridized carbons (Fsp3) is 0.300. The Morgan fingerprint density at radius 2 is 2.14 bits per heavy atom. The predicted molar refractivity (Wildman–Crippen MR) is 110 cm³/mol. The van der Waals surface area contributed by atoms with E-state index in [2.05, 4.69) is 40.2 Å². The van der Waals surface area contributed by atoms with Crippen molar-refractivity contribution in [3.05, 3.63) is 47.6 Å². The van der Waals surface area contributed by atoms with E-state index < -0.39 is 0 Å². The minimum Gasteiger partial charge on any atom is -0.477 e. The summed E-state index contributed by atoms with van der Waals surface area (Å²) in [5.41, 5.74) is 3.71. The lowest BCUT2D eigenvalue weighted by molar-refractivity contribution is 0.276. The highest BCUT2D eigenvalue weighted by atomic mass is 32.1. The summed E-state index contributed by atoms with van der Waals surface area (Å²) in [6, 6.07) is 2.12. The number of rotatable bonds is 4. The maximum atomic E-state index is 5.63. The lowest BCUT2D eigenvalue weighted by Crippen LogP contribution is -2.10. The summed E-state index contributed by atoms with van der Waals surface area (Å²) >= 11 is 1.64. The Hall–Kier alpha value is -3.00. The van der Waals surface area contributed by atoms with Gasteiger partial charge in [-0.3, -0.25) is 0 Å². The molecule has 142 valence electrons. The molecule has 5 rings (SSSR count). The van der Waals surface area contributed by atoms with Gasteiger partial charge in [-0.2, -0.15) is 0 Å². The highest BCUT2D eigenvalue weighted by molar-refractivity contribution is 7.15. The van der Waals surface area contributed by atoms with Gasteiger partial charge in [0.15, 0.2) is 11.5 Å². The van der Waals surface area contributed by atoms with Gasteiger partial charge >= 0.3 is 0 Å². The number of pyridine rings is 1. The Bertz CT molecular complexity index is 1150. The van der Waals surface area contributed by atoms with E-state index >= 15 is 0 Å². The molecule has 28 heavy (non-hydrogen) atoms. The predicted octanol–water partition coefficient (Wildman–Crippen LogP) is 4.44. The van der Waals surface area contributed by atoms with Crippen LogP contribution in [0.3, 0.4) is 0 Å². The second kappa shape index (κ2) is 6.87. The van der Waals surface area contributed by atoms with Gasteiger partial charge in [-0.25, -0.2) is 19.9 Å². The molecule has 4 aromatic heterocycles. The number of thiazole rings is 1. The Balaban J connectivity index is 1.55. The number of anilines is 2. The molecule has 0 atom stereocenters. The molecular weight excluding hydrogens is 372 g/mol. The van der Waals surface area contributed by atoms with E-state index in [1.165, 1.54) is 0 Å². The van der Waals surface area contributed by atoms with Crippen LogP contribution in [0.5, 0.6) is 5.88 Å². The van der Waals surface area contributed by atoms with E-state index in [1.807, 2.05) is 29.2 Å². The minimum absolute atomic E-state index is 0.398. The van der Waals surface area contributed by atoms with E-state index in [9.17, 15) is 0 Å². The zero-order chi connectivity index (χ0) is 19.1. The highest BCUT2D eigenvalue weighted by Gasteiger charge is 2.16. The number of nitrogens with one attached hydrogen (secondary N) is 1. The minimum atomic E-state index is 0.398. The third-order valence-electron chi connectivity index (χ3n) is 4.68. The van der Waals surface area contributed by atoms with Crippen molar-refractivity contribution in [3.63, 3.8) is 0 Å². The summed E-state index contributed by atoms with van der Waals surface area (Å²) in [6.45, 7) is 5.02. The summed E-state index contributed by atoms with van der Waals surface area (Å²) in [6.07, 6.45) is 11.3. The summed E-state index contributed by atoms with van der Waals surface area (Å²) in [4.78, 5) is 18.3. The summed E-state index contributed by atoms with van der Waals surface area (Å²) < 4.78 is 7.61. The van der Waals surface area contributed by atoms with Crippen molar-refractivity contribution in [3.8, 4) is 17.1 Å². The molecule has 0 aliphatic carbocycles. The first kappa shape index (κ1) is 17.1. The Morgan fingerprint density at radius 1 is 1.21 bits per heavy atom. The van der Waals surface area contributed by atoms with E-state index in [1.54, 1.807) is 17.5 Å². The SMILES string of the molecule is CC(C)c1ncc(Nc2nc(-c3cnc4c(c3)CCCO4)cn3ccnc23)s1. The highest BCUT2D eigenvalue weighted by Crippen LogP contribution is 2.31. The van der Waals surface area contributed by atoms with Gasteiger partial charge < -0.3 is 14.5 Å². The molecule has 1 aliphatic rings. The lowest BCUT2D eigenvalue weighted by Gasteiger charge is -2.16. The largest absolute Gasteiger partial charge is 0.477 e. The molecule has 0 fully saturated rings. The first-order valence-electron chi connectivity index (χ1n) is 9.36. The number of ether oxygens (including phenoxy) is 1. The maximum absolute atomic E-state index is 5.63. The molecule has 0 radical (unpaired) electrons. The van der Waals surface area contributed by atoms with Crippen LogP contribution in [-0.2, 0) is 6.42 Å². The van der Waals surface area contributed by atoms with Gasteiger partial charge in [0, 0.05) is 41.8 Å². The number of fused-ring (bicyclic) bond motifs is 2. The number of nitrogens with zero attached hydrogens (tertiary/aromatic N) is 5. The number of aryl methyl sites for hydroxylation is 1. The summed E-state index contributed by atoms with van der Waals surface area (Å²) in [5.74, 6) is 1.84. The third-order valence-corrected chi connectivity index (χ3v) is 5.90. The smallest absolute Gasteiger partial charge is 0.216 e. The van der Waals surface area contributed by atoms with Crippen molar-refractivity contribution in [2.45, 2.75) is 32.6 Å².